The van der Waals surface area contributed by atoms with Crippen LogP contribution in [0.3, 0.4) is 0 Å². The molecule has 4 aliphatic rings. The van der Waals surface area contributed by atoms with Gasteiger partial charge in [0.1, 0.15) is 0 Å². The van der Waals surface area contributed by atoms with Gasteiger partial charge in [-0.2, -0.15) is 0 Å². The van der Waals surface area contributed by atoms with E-state index in [0.29, 0.717) is 0 Å². The molecule has 1 fully saturated rings. The smallest absolute Gasteiger partial charge is 0.162 e. The van der Waals surface area contributed by atoms with Crippen LogP contribution in [0.15, 0.2) is 24.3 Å². The van der Waals surface area contributed by atoms with Crippen LogP contribution in [0.25, 0.3) is 0 Å². The molecule has 4 aliphatic carbocycles. The van der Waals surface area contributed by atoms with Crippen LogP contribution in [-0.4, -0.2) is 24.3 Å². The standard InChI is InChI=1S/C13H14O3/c1-16-13-6-4-8(5-7-13)11-9(14)2-3-10(15)12(11)13/h2-4,6,8,11-12H,5,7H2,1H3/t8-,11+,12+,13+/m1/s1. The number of carbonyl (C=O) groups is 2. The Balaban J connectivity index is 2.14. The third-order valence-electron chi connectivity index (χ3n) is 4.27. The number of rotatable bonds is 1. The molecule has 4 atom stereocenters. The highest BCUT2D eigenvalue weighted by atomic mass is 16.5. The molecule has 0 N–H and O–H groups in total. The van der Waals surface area contributed by atoms with Crippen LogP contribution >= 0.6 is 0 Å². The van der Waals surface area contributed by atoms with Gasteiger partial charge in [0.15, 0.2) is 11.6 Å². The van der Waals surface area contributed by atoms with Crippen LogP contribution in [0.2, 0.25) is 0 Å². The van der Waals surface area contributed by atoms with E-state index in [0.717, 1.165) is 12.8 Å². The fourth-order valence-corrected chi connectivity index (χ4v) is 3.44. The zero-order chi connectivity index (χ0) is 11.3. The van der Waals surface area contributed by atoms with Crippen molar-refractivity contribution in [2.24, 2.45) is 17.8 Å². The molecule has 84 valence electrons. The average molecular weight is 218 g/mol. The van der Waals surface area contributed by atoms with E-state index < -0.39 is 5.60 Å². The Labute approximate surface area is 94.2 Å². The van der Waals surface area contributed by atoms with E-state index in [1.165, 1.54) is 12.2 Å². The first kappa shape index (κ1) is 9.97. The van der Waals surface area contributed by atoms with Crippen molar-refractivity contribution < 1.29 is 14.3 Å². The van der Waals surface area contributed by atoms with Crippen LogP contribution in [0.1, 0.15) is 12.8 Å². The van der Waals surface area contributed by atoms with E-state index in [2.05, 4.69) is 6.08 Å². The first-order chi connectivity index (χ1) is 7.68. The highest BCUT2D eigenvalue weighted by Crippen LogP contribution is 2.51. The van der Waals surface area contributed by atoms with Gasteiger partial charge in [0.05, 0.1) is 11.5 Å². The molecule has 0 spiro atoms. The molecule has 0 aromatic rings. The van der Waals surface area contributed by atoms with Gasteiger partial charge in [-0.3, -0.25) is 9.59 Å². The summed E-state index contributed by atoms with van der Waals surface area (Å²) in [5.41, 5.74) is -0.531. The van der Waals surface area contributed by atoms with Crippen molar-refractivity contribution >= 4 is 11.6 Å². The monoisotopic (exact) mass is 218 g/mol. The largest absolute Gasteiger partial charge is 0.373 e. The highest BCUT2D eigenvalue weighted by molar-refractivity contribution is 6.08. The Morgan fingerprint density at radius 1 is 1.31 bits per heavy atom. The van der Waals surface area contributed by atoms with Gasteiger partial charge in [0.2, 0.25) is 0 Å². The molecule has 0 unspecified atom stereocenters. The predicted octanol–water partition coefficient (Wildman–Crippen LogP) is 1.29. The number of carbonyl (C=O) groups excluding carboxylic acids is 2. The fourth-order valence-electron chi connectivity index (χ4n) is 3.44. The van der Waals surface area contributed by atoms with E-state index in [-0.39, 0.29) is 29.3 Å². The lowest BCUT2D eigenvalue weighted by Crippen LogP contribution is -2.57. The van der Waals surface area contributed by atoms with E-state index in [1.54, 1.807) is 7.11 Å². The van der Waals surface area contributed by atoms with Crippen LogP contribution in [0, 0.1) is 17.8 Å². The van der Waals surface area contributed by atoms with Crippen molar-refractivity contribution in [1.29, 1.82) is 0 Å². The molecule has 2 bridgehead atoms. The average Bonchev–Trinajstić information content (AvgIpc) is 2.35. The lowest BCUT2D eigenvalue weighted by molar-refractivity contribution is -0.150. The van der Waals surface area contributed by atoms with Crippen LogP contribution < -0.4 is 0 Å². The maximum absolute atomic E-state index is 12.0. The number of methoxy groups -OCH3 is 1. The van der Waals surface area contributed by atoms with E-state index in [9.17, 15) is 9.59 Å². The molecular formula is C13H14O3. The molecule has 0 radical (unpaired) electrons. The molecule has 0 aliphatic heterocycles. The lowest BCUT2D eigenvalue weighted by atomic mass is 9.56. The molecule has 0 amide bonds. The summed E-state index contributed by atoms with van der Waals surface area (Å²) in [5.74, 6) is -0.126. The minimum atomic E-state index is -0.531. The van der Waals surface area contributed by atoms with E-state index in [4.69, 9.17) is 4.74 Å². The van der Waals surface area contributed by atoms with Gasteiger partial charge in [0.25, 0.3) is 0 Å². The number of hydrogen-bond donors (Lipinski definition) is 0. The zero-order valence-electron chi connectivity index (χ0n) is 9.18. The Bertz CT molecular complexity index is 421. The summed E-state index contributed by atoms with van der Waals surface area (Å²) in [4.78, 5) is 23.9. The number of hydrogen-bond acceptors (Lipinski definition) is 3. The van der Waals surface area contributed by atoms with Gasteiger partial charge < -0.3 is 4.74 Å². The van der Waals surface area contributed by atoms with Gasteiger partial charge in [-0.15, -0.1) is 0 Å². The Kier molecular flexibility index (Phi) is 1.96. The van der Waals surface area contributed by atoms with Gasteiger partial charge >= 0.3 is 0 Å². The molecule has 3 nitrogen and oxygen atoms in total. The summed E-state index contributed by atoms with van der Waals surface area (Å²) in [6.45, 7) is 0. The van der Waals surface area contributed by atoms with Crippen molar-refractivity contribution in [2.75, 3.05) is 7.11 Å². The molecule has 4 rings (SSSR count). The second kappa shape index (κ2) is 3.14. The molecule has 1 saturated carbocycles. The molecule has 0 aromatic carbocycles. The van der Waals surface area contributed by atoms with Gasteiger partial charge in [-0.1, -0.05) is 12.2 Å². The second-order valence-electron chi connectivity index (χ2n) is 4.86. The van der Waals surface area contributed by atoms with Crippen molar-refractivity contribution in [1.82, 2.24) is 0 Å². The quantitative estimate of drug-likeness (QED) is 0.623. The first-order valence-electron chi connectivity index (χ1n) is 5.68. The van der Waals surface area contributed by atoms with Crippen molar-refractivity contribution in [3.8, 4) is 0 Å². The second-order valence-corrected chi connectivity index (χ2v) is 4.86. The SMILES string of the molecule is CO[C@@]12C=C[C@H](CC1)[C@H]1C(=O)C=CC(=O)[C@@H]12. The maximum Gasteiger partial charge on any atom is 0.162 e. The first-order valence-corrected chi connectivity index (χ1v) is 5.68. The van der Waals surface area contributed by atoms with E-state index >= 15 is 0 Å². The molecule has 0 aromatic heterocycles. The van der Waals surface area contributed by atoms with Gasteiger partial charge in [-0.25, -0.2) is 0 Å². The minimum Gasteiger partial charge on any atom is -0.373 e. The van der Waals surface area contributed by atoms with E-state index in [1.807, 2.05) is 6.08 Å². The normalized spacial score (nSPS) is 44.9. The van der Waals surface area contributed by atoms with Crippen LogP contribution in [0.5, 0.6) is 0 Å². The number of allylic oxidation sites excluding steroid dienone is 3. The van der Waals surface area contributed by atoms with Crippen molar-refractivity contribution in [3.05, 3.63) is 24.3 Å². The topological polar surface area (TPSA) is 43.4 Å². The Hall–Kier alpha value is -1.22. The maximum atomic E-state index is 12.0. The van der Waals surface area contributed by atoms with Gasteiger partial charge in [0, 0.05) is 13.0 Å². The lowest BCUT2D eigenvalue weighted by Gasteiger charge is -2.51. The van der Waals surface area contributed by atoms with Crippen molar-refractivity contribution in [2.45, 2.75) is 18.4 Å². The minimum absolute atomic E-state index is 0.0421. The summed E-state index contributed by atoms with van der Waals surface area (Å²) >= 11 is 0. The third-order valence-corrected chi connectivity index (χ3v) is 4.27. The highest BCUT2D eigenvalue weighted by Gasteiger charge is 2.56. The Morgan fingerprint density at radius 2 is 2.06 bits per heavy atom. The summed E-state index contributed by atoms with van der Waals surface area (Å²) < 4.78 is 5.56. The Morgan fingerprint density at radius 3 is 2.69 bits per heavy atom. The molecule has 0 saturated heterocycles. The van der Waals surface area contributed by atoms with Crippen molar-refractivity contribution in [3.63, 3.8) is 0 Å². The van der Waals surface area contributed by atoms with Crippen LogP contribution in [-0.2, 0) is 14.3 Å². The fraction of sp³-hybridized carbons (Fsp3) is 0.538. The summed E-state index contributed by atoms with van der Waals surface area (Å²) in [5, 5.41) is 0. The summed E-state index contributed by atoms with van der Waals surface area (Å²) in [6, 6.07) is 0. The zero-order valence-corrected chi connectivity index (χ0v) is 9.18. The number of ketones is 2. The third kappa shape index (κ3) is 1.07. The number of fused-ring (bicyclic) bond motifs is 1. The summed E-state index contributed by atoms with van der Waals surface area (Å²) in [7, 11) is 1.63. The molecule has 3 heteroatoms. The predicted molar refractivity (Wildman–Crippen MR) is 57.7 cm³/mol. The molecular weight excluding hydrogens is 204 g/mol. The van der Waals surface area contributed by atoms with Crippen LogP contribution in [0.4, 0.5) is 0 Å². The number of ether oxygens (including phenoxy) is 1. The summed E-state index contributed by atoms with van der Waals surface area (Å²) in [6.07, 6.45) is 8.68. The van der Waals surface area contributed by atoms with Gasteiger partial charge in [-0.05, 0) is 30.9 Å². The molecule has 0 heterocycles. The molecule has 16 heavy (non-hydrogen) atoms.